The summed E-state index contributed by atoms with van der Waals surface area (Å²) in [7, 11) is 1.26. The van der Waals surface area contributed by atoms with Crippen LogP contribution in [0.5, 0.6) is 0 Å². The lowest BCUT2D eigenvalue weighted by molar-refractivity contribution is -0.142. The first-order valence-electron chi connectivity index (χ1n) is 8.33. The van der Waals surface area contributed by atoms with Crippen LogP contribution in [0.25, 0.3) is 0 Å². The molecule has 0 fully saturated rings. The highest BCUT2D eigenvalue weighted by atomic mass is 16.5. The molecular formula is C18H22N2O6. The van der Waals surface area contributed by atoms with Gasteiger partial charge in [0.15, 0.2) is 0 Å². The Labute approximate surface area is 151 Å². The van der Waals surface area contributed by atoms with E-state index >= 15 is 0 Å². The normalized spacial score (nSPS) is 14.2. The van der Waals surface area contributed by atoms with Crippen LogP contribution in [0.4, 0.5) is 0 Å². The zero-order valence-corrected chi connectivity index (χ0v) is 14.8. The van der Waals surface area contributed by atoms with Gasteiger partial charge < -0.3 is 14.7 Å². The molecule has 0 spiro atoms. The minimum atomic E-state index is -0.768. The van der Waals surface area contributed by atoms with Crippen molar-refractivity contribution >= 4 is 23.7 Å². The fourth-order valence-electron chi connectivity index (χ4n) is 2.77. The van der Waals surface area contributed by atoms with Gasteiger partial charge >= 0.3 is 5.97 Å². The van der Waals surface area contributed by atoms with Gasteiger partial charge in [0.2, 0.25) is 5.91 Å². The predicted molar refractivity (Wildman–Crippen MR) is 91.3 cm³/mol. The molecule has 0 radical (unpaired) electrons. The number of benzene rings is 1. The lowest BCUT2D eigenvalue weighted by Crippen LogP contribution is -2.40. The number of imide groups is 1. The van der Waals surface area contributed by atoms with Crippen molar-refractivity contribution in [3.05, 3.63) is 35.4 Å². The van der Waals surface area contributed by atoms with Crippen molar-refractivity contribution in [1.82, 2.24) is 9.80 Å². The second-order valence-corrected chi connectivity index (χ2v) is 6.07. The first-order chi connectivity index (χ1) is 12.3. The smallest absolute Gasteiger partial charge is 0.307 e. The highest BCUT2D eigenvalue weighted by Crippen LogP contribution is 2.22. The Kier molecular flexibility index (Phi) is 6.46. The molecule has 1 atom stereocenters. The van der Waals surface area contributed by atoms with Gasteiger partial charge in [-0.05, 0) is 19.1 Å². The van der Waals surface area contributed by atoms with Crippen LogP contribution in [-0.4, -0.2) is 71.4 Å². The van der Waals surface area contributed by atoms with E-state index in [1.54, 1.807) is 24.3 Å². The van der Waals surface area contributed by atoms with Crippen LogP contribution in [0.15, 0.2) is 24.3 Å². The van der Waals surface area contributed by atoms with Gasteiger partial charge in [0.1, 0.15) is 0 Å². The molecule has 26 heavy (non-hydrogen) atoms. The van der Waals surface area contributed by atoms with Gasteiger partial charge in [-0.3, -0.25) is 24.1 Å². The SMILES string of the molecule is COC(=O)CCN(CC(C)O)C(=O)CCN1C(=O)c2ccccc2C1=O. The molecule has 1 aliphatic heterocycles. The number of rotatable bonds is 8. The number of methoxy groups -OCH3 is 1. The summed E-state index contributed by atoms with van der Waals surface area (Å²) in [5.41, 5.74) is 0.660. The number of aliphatic hydroxyl groups is 1. The number of amides is 3. The number of ether oxygens (including phenoxy) is 1. The van der Waals surface area contributed by atoms with Gasteiger partial charge in [0.05, 0.1) is 30.8 Å². The van der Waals surface area contributed by atoms with E-state index in [2.05, 4.69) is 4.74 Å². The Bertz CT molecular complexity index is 680. The Balaban J connectivity index is 1.98. The van der Waals surface area contributed by atoms with Gasteiger partial charge in [-0.1, -0.05) is 12.1 Å². The molecule has 1 unspecified atom stereocenters. The van der Waals surface area contributed by atoms with Crippen molar-refractivity contribution in [3.8, 4) is 0 Å². The van der Waals surface area contributed by atoms with E-state index in [1.807, 2.05) is 0 Å². The molecule has 0 saturated carbocycles. The first-order valence-corrected chi connectivity index (χ1v) is 8.33. The molecule has 3 amide bonds. The van der Waals surface area contributed by atoms with Gasteiger partial charge in [0.25, 0.3) is 11.8 Å². The minimum absolute atomic E-state index is 0.00196. The molecule has 0 aliphatic carbocycles. The number of carbonyl (C=O) groups excluding carboxylic acids is 4. The molecule has 1 aromatic carbocycles. The molecule has 0 saturated heterocycles. The molecule has 0 bridgehead atoms. The summed E-state index contributed by atoms with van der Waals surface area (Å²) in [5.74, 6) is -1.66. The van der Waals surface area contributed by atoms with Crippen LogP contribution in [0.1, 0.15) is 40.5 Å². The lowest BCUT2D eigenvalue weighted by atomic mass is 10.1. The van der Waals surface area contributed by atoms with Gasteiger partial charge in [-0.2, -0.15) is 0 Å². The van der Waals surface area contributed by atoms with Gasteiger partial charge in [0, 0.05) is 26.1 Å². The highest BCUT2D eigenvalue weighted by Gasteiger charge is 2.35. The fourth-order valence-corrected chi connectivity index (χ4v) is 2.77. The number of esters is 1. The standard InChI is InChI=1S/C18H22N2O6/c1-12(21)11-19(9-8-16(23)26-2)15(22)7-10-20-17(24)13-5-3-4-6-14(13)18(20)25/h3-6,12,21H,7-11H2,1-2H3. The Morgan fingerprint density at radius 1 is 1.15 bits per heavy atom. The number of carbonyl (C=O) groups is 4. The molecule has 8 nitrogen and oxygen atoms in total. The minimum Gasteiger partial charge on any atom is -0.469 e. The third-order valence-corrected chi connectivity index (χ3v) is 4.08. The van der Waals surface area contributed by atoms with Crippen molar-refractivity contribution in [3.63, 3.8) is 0 Å². The molecule has 140 valence electrons. The van der Waals surface area contributed by atoms with Crippen LogP contribution in [-0.2, 0) is 14.3 Å². The number of fused-ring (bicyclic) bond motifs is 1. The highest BCUT2D eigenvalue weighted by molar-refractivity contribution is 6.21. The summed E-state index contributed by atoms with van der Waals surface area (Å²) < 4.78 is 4.55. The Hall–Kier alpha value is -2.74. The van der Waals surface area contributed by atoms with Gasteiger partial charge in [-0.25, -0.2) is 0 Å². The van der Waals surface area contributed by atoms with Crippen LogP contribution in [0.3, 0.4) is 0 Å². The molecular weight excluding hydrogens is 340 g/mol. The molecule has 2 rings (SSSR count). The number of hydrogen-bond acceptors (Lipinski definition) is 6. The third-order valence-electron chi connectivity index (χ3n) is 4.08. The molecule has 1 aliphatic rings. The second-order valence-electron chi connectivity index (χ2n) is 6.07. The molecule has 8 heteroatoms. The monoisotopic (exact) mass is 362 g/mol. The molecule has 1 aromatic rings. The van der Waals surface area contributed by atoms with Crippen LogP contribution in [0, 0.1) is 0 Å². The number of aliphatic hydroxyl groups excluding tert-OH is 1. The number of hydrogen-bond donors (Lipinski definition) is 1. The van der Waals surface area contributed by atoms with Crippen LogP contribution in [0.2, 0.25) is 0 Å². The summed E-state index contributed by atoms with van der Waals surface area (Å²) in [4.78, 5) is 50.7. The zero-order chi connectivity index (χ0) is 19.3. The maximum absolute atomic E-state index is 12.4. The average Bonchev–Trinajstić information content (AvgIpc) is 2.87. The van der Waals surface area contributed by atoms with Gasteiger partial charge in [-0.15, -0.1) is 0 Å². The van der Waals surface area contributed by atoms with E-state index in [0.717, 1.165) is 4.90 Å². The second kappa shape index (κ2) is 8.57. The van der Waals surface area contributed by atoms with E-state index in [0.29, 0.717) is 11.1 Å². The third kappa shape index (κ3) is 4.45. The fraction of sp³-hybridized carbons (Fsp3) is 0.444. The van der Waals surface area contributed by atoms with E-state index < -0.39 is 23.9 Å². The molecule has 1 heterocycles. The molecule has 1 N–H and O–H groups in total. The largest absolute Gasteiger partial charge is 0.469 e. The predicted octanol–water partition coefficient (Wildman–Crippen LogP) is 0.445. The topological polar surface area (TPSA) is 104 Å². The zero-order valence-electron chi connectivity index (χ0n) is 14.8. The maximum atomic E-state index is 12.4. The summed E-state index contributed by atoms with van der Waals surface area (Å²) >= 11 is 0. The van der Waals surface area contributed by atoms with E-state index in [1.165, 1.54) is 18.9 Å². The van der Waals surface area contributed by atoms with Crippen molar-refractivity contribution in [2.75, 3.05) is 26.7 Å². The maximum Gasteiger partial charge on any atom is 0.307 e. The van der Waals surface area contributed by atoms with Crippen LogP contribution >= 0.6 is 0 Å². The Morgan fingerprint density at radius 2 is 1.73 bits per heavy atom. The van der Waals surface area contributed by atoms with E-state index in [4.69, 9.17) is 0 Å². The van der Waals surface area contributed by atoms with E-state index in [9.17, 15) is 24.3 Å². The van der Waals surface area contributed by atoms with E-state index in [-0.39, 0.29) is 38.4 Å². The summed E-state index contributed by atoms with van der Waals surface area (Å²) in [6.07, 6.45) is -0.850. The van der Waals surface area contributed by atoms with Crippen molar-refractivity contribution in [2.45, 2.75) is 25.9 Å². The first kappa shape index (κ1) is 19.6. The number of nitrogens with zero attached hydrogens (tertiary/aromatic N) is 2. The lowest BCUT2D eigenvalue weighted by Gasteiger charge is -2.24. The summed E-state index contributed by atoms with van der Waals surface area (Å²) in [6.45, 7) is 1.62. The average molecular weight is 362 g/mol. The quantitative estimate of drug-likeness (QED) is 0.532. The van der Waals surface area contributed by atoms with Crippen molar-refractivity contribution < 1.29 is 29.0 Å². The summed E-state index contributed by atoms with van der Waals surface area (Å²) in [5, 5.41) is 9.55. The van der Waals surface area contributed by atoms with Crippen molar-refractivity contribution in [1.29, 1.82) is 0 Å². The summed E-state index contributed by atoms with van der Waals surface area (Å²) in [6, 6.07) is 6.51. The molecule has 0 aromatic heterocycles. The Morgan fingerprint density at radius 3 is 2.23 bits per heavy atom. The van der Waals surface area contributed by atoms with Crippen LogP contribution < -0.4 is 0 Å². The van der Waals surface area contributed by atoms with Crippen molar-refractivity contribution in [2.24, 2.45) is 0 Å².